The molecule has 156 valence electrons. The molecule has 0 bridgehead atoms. The number of fused-ring (bicyclic) bond motifs is 1. The van der Waals surface area contributed by atoms with Crippen LogP contribution in [0.25, 0.3) is 0 Å². The first-order valence-electron chi connectivity index (χ1n) is 8.52. The summed E-state index contributed by atoms with van der Waals surface area (Å²) >= 11 is -2.18. The van der Waals surface area contributed by atoms with E-state index in [0.717, 1.165) is 17.7 Å². The Hall–Kier alpha value is -2.59. The van der Waals surface area contributed by atoms with Crippen LogP contribution in [0.1, 0.15) is 23.5 Å². The highest BCUT2D eigenvalue weighted by Crippen LogP contribution is 2.41. The second-order valence-electron chi connectivity index (χ2n) is 6.30. The highest BCUT2D eigenvalue weighted by molar-refractivity contribution is 7.80. The van der Waals surface area contributed by atoms with E-state index in [0.29, 0.717) is 11.4 Å². The zero-order chi connectivity index (χ0) is 21.2. The number of esters is 1. The Morgan fingerprint density at radius 2 is 1.97 bits per heavy atom. The third-order valence-electron chi connectivity index (χ3n) is 4.48. The Labute approximate surface area is 167 Å². The standard InChI is InChI=1S/C19H18F3NO5S/c1-26-14-6-7-17-16(10-14)12(8-18(24)27-2)11-23(17)28-29(25)15-5-3-4-13(9-15)19(20,21)22/h3-7,9-10,12H,8,11H2,1-2H3. The molecule has 0 N–H and O–H groups in total. The van der Waals surface area contributed by atoms with Gasteiger partial charge in [-0.15, -0.1) is 0 Å². The van der Waals surface area contributed by atoms with Gasteiger partial charge < -0.3 is 9.47 Å². The minimum Gasteiger partial charge on any atom is -0.497 e. The predicted octanol–water partition coefficient (Wildman–Crippen LogP) is 3.84. The minimum absolute atomic E-state index is 0.0622. The van der Waals surface area contributed by atoms with Crippen molar-refractivity contribution in [1.82, 2.24) is 0 Å². The van der Waals surface area contributed by atoms with Gasteiger partial charge in [-0.25, -0.2) is 9.27 Å². The molecule has 1 aliphatic rings. The number of hydrogen-bond acceptors (Lipinski definition) is 6. The molecule has 2 aromatic carbocycles. The van der Waals surface area contributed by atoms with Crippen LogP contribution in [0.4, 0.5) is 18.9 Å². The fourth-order valence-electron chi connectivity index (χ4n) is 3.04. The molecular formula is C19H18F3NO5S. The first-order valence-corrected chi connectivity index (χ1v) is 9.60. The summed E-state index contributed by atoms with van der Waals surface area (Å²) in [6.07, 6.45) is -4.49. The first kappa shape index (κ1) is 21.1. The molecule has 0 saturated carbocycles. The summed E-state index contributed by atoms with van der Waals surface area (Å²) in [4.78, 5) is 11.6. The van der Waals surface area contributed by atoms with E-state index < -0.39 is 28.8 Å². The normalized spacial score (nSPS) is 17.0. The van der Waals surface area contributed by atoms with E-state index in [1.165, 1.54) is 31.4 Å². The summed E-state index contributed by atoms with van der Waals surface area (Å²) in [5.74, 6) is -0.171. The fourth-order valence-corrected chi connectivity index (χ4v) is 3.84. The molecule has 2 aromatic rings. The van der Waals surface area contributed by atoms with Gasteiger partial charge in [0.15, 0.2) is 0 Å². The first-order chi connectivity index (χ1) is 13.7. The van der Waals surface area contributed by atoms with Crippen molar-refractivity contribution in [2.75, 3.05) is 25.8 Å². The number of hydrogen-bond donors (Lipinski definition) is 0. The van der Waals surface area contributed by atoms with Crippen LogP contribution in [0.3, 0.4) is 0 Å². The van der Waals surface area contributed by atoms with Crippen molar-refractivity contribution in [3.63, 3.8) is 0 Å². The lowest BCUT2D eigenvalue weighted by Crippen LogP contribution is -2.24. The number of nitrogens with zero attached hydrogens (tertiary/aromatic N) is 1. The van der Waals surface area contributed by atoms with E-state index in [1.807, 2.05) is 0 Å². The Morgan fingerprint density at radius 1 is 1.21 bits per heavy atom. The molecule has 0 aromatic heterocycles. The highest BCUT2D eigenvalue weighted by atomic mass is 32.2. The molecule has 6 nitrogen and oxygen atoms in total. The van der Waals surface area contributed by atoms with Crippen LogP contribution >= 0.6 is 0 Å². The van der Waals surface area contributed by atoms with Gasteiger partial charge in [-0.1, -0.05) is 6.07 Å². The predicted molar refractivity (Wildman–Crippen MR) is 98.7 cm³/mol. The topological polar surface area (TPSA) is 65.1 Å². The largest absolute Gasteiger partial charge is 0.497 e. The lowest BCUT2D eigenvalue weighted by molar-refractivity contribution is -0.141. The molecule has 0 fully saturated rings. The van der Waals surface area contributed by atoms with Crippen molar-refractivity contribution in [2.24, 2.45) is 0 Å². The molecule has 0 spiro atoms. The van der Waals surface area contributed by atoms with E-state index in [9.17, 15) is 22.2 Å². The minimum atomic E-state index is -4.55. The third kappa shape index (κ3) is 4.70. The average molecular weight is 429 g/mol. The van der Waals surface area contributed by atoms with E-state index in [4.69, 9.17) is 13.8 Å². The molecule has 3 rings (SSSR count). The van der Waals surface area contributed by atoms with Crippen LogP contribution in [0.5, 0.6) is 5.75 Å². The van der Waals surface area contributed by atoms with Crippen LogP contribution in [0.15, 0.2) is 47.4 Å². The smallest absolute Gasteiger partial charge is 0.416 e. The van der Waals surface area contributed by atoms with Crippen LogP contribution < -0.4 is 9.80 Å². The number of carbonyl (C=O) groups excluding carboxylic acids is 1. The molecule has 1 aliphatic heterocycles. The number of carbonyl (C=O) groups is 1. The van der Waals surface area contributed by atoms with Crippen LogP contribution in [-0.2, 0) is 31.1 Å². The molecule has 0 aliphatic carbocycles. The lowest BCUT2D eigenvalue weighted by atomic mass is 9.98. The quantitative estimate of drug-likeness (QED) is 0.651. The monoisotopic (exact) mass is 429 g/mol. The lowest BCUT2D eigenvalue weighted by Gasteiger charge is -2.18. The van der Waals surface area contributed by atoms with Crippen LogP contribution in [0, 0.1) is 0 Å². The number of methoxy groups -OCH3 is 2. The number of alkyl halides is 3. The summed E-state index contributed by atoms with van der Waals surface area (Å²) < 4.78 is 66.7. The SMILES string of the molecule is COC(=O)CC1CN(OS(=O)c2cccc(C(F)(F)F)c2)c2ccc(OC)cc21. The summed E-state index contributed by atoms with van der Waals surface area (Å²) in [5.41, 5.74) is 0.373. The fraction of sp³-hybridized carbons (Fsp3) is 0.316. The van der Waals surface area contributed by atoms with Gasteiger partial charge in [-0.05, 0) is 42.0 Å². The Kier molecular flexibility index (Phi) is 6.13. The molecule has 0 saturated heterocycles. The third-order valence-corrected chi connectivity index (χ3v) is 5.44. The summed E-state index contributed by atoms with van der Waals surface area (Å²) in [6, 6.07) is 9.22. The van der Waals surface area contributed by atoms with Gasteiger partial charge in [-0.3, -0.25) is 4.79 Å². The van der Waals surface area contributed by atoms with Crippen molar-refractivity contribution in [3.05, 3.63) is 53.6 Å². The average Bonchev–Trinajstić information content (AvgIpc) is 3.03. The zero-order valence-electron chi connectivity index (χ0n) is 15.6. The number of rotatable bonds is 6. The zero-order valence-corrected chi connectivity index (χ0v) is 16.4. The van der Waals surface area contributed by atoms with Crippen molar-refractivity contribution >= 4 is 22.7 Å². The number of hydroxylamine groups is 1. The Bertz CT molecular complexity index is 934. The number of halogens is 3. The van der Waals surface area contributed by atoms with Crippen molar-refractivity contribution < 1.29 is 35.9 Å². The van der Waals surface area contributed by atoms with Gasteiger partial charge in [0.25, 0.3) is 0 Å². The maximum absolute atomic E-state index is 12.9. The van der Waals surface area contributed by atoms with Gasteiger partial charge in [0.2, 0.25) is 11.1 Å². The Morgan fingerprint density at radius 3 is 2.62 bits per heavy atom. The highest BCUT2D eigenvalue weighted by Gasteiger charge is 2.34. The van der Waals surface area contributed by atoms with Gasteiger partial charge in [-0.2, -0.15) is 17.5 Å². The molecule has 2 atom stereocenters. The van der Waals surface area contributed by atoms with Gasteiger partial charge in [0.1, 0.15) is 5.75 Å². The van der Waals surface area contributed by atoms with Crippen molar-refractivity contribution in [2.45, 2.75) is 23.4 Å². The van der Waals surface area contributed by atoms with Crippen LogP contribution in [0.2, 0.25) is 0 Å². The van der Waals surface area contributed by atoms with Crippen molar-refractivity contribution in [3.8, 4) is 5.75 Å². The molecular weight excluding hydrogens is 411 g/mol. The number of ether oxygens (including phenoxy) is 2. The van der Waals surface area contributed by atoms with Crippen LogP contribution in [-0.4, -0.2) is 30.9 Å². The van der Waals surface area contributed by atoms with Gasteiger partial charge in [0, 0.05) is 5.92 Å². The molecule has 0 radical (unpaired) electrons. The van der Waals surface area contributed by atoms with E-state index in [-0.39, 0.29) is 23.8 Å². The van der Waals surface area contributed by atoms with Gasteiger partial charge in [0.05, 0.1) is 43.3 Å². The summed E-state index contributed by atoms with van der Waals surface area (Å²) in [7, 11) is 2.78. The maximum Gasteiger partial charge on any atom is 0.416 e. The number of anilines is 1. The molecule has 29 heavy (non-hydrogen) atoms. The van der Waals surface area contributed by atoms with Gasteiger partial charge >= 0.3 is 12.1 Å². The molecule has 0 amide bonds. The van der Waals surface area contributed by atoms with Crippen molar-refractivity contribution in [1.29, 1.82) is 0 Å². The second kappa shape index (κ2) is 8.42. The van der Waals surface area contributed by atoms with E-state index >= 15 is 0 Å². The van der Waals surface area contributed by atoms with E-state index in [2.05, 4.69) is 0 Å². The summed E-state index contributed by atoms with van der Waals surface area (Å²) in [6.45, 7) is 0.183. The molecule has 10 heteroatoms. The molecule has 1 heterocycles. The van der Waals surface area contributed by atoms with E-state index in [1.54, 1.807) is 18.2 Å². The Balaban J connectivity index is 1.84. The number of benzene rings is 2. The molecule has 2 unspecified atom stereocenters. The second-order valence-corrected chi connectivity index (χ2v) is 7.39. The maximum atomic E-state index is 12.9. The summed E-state index contributed by atoms with van der Waals surface area (Å²) in [5, 5.41) is 1.32.